The predicted molar refractivity (Wildman–Crippen MR) is 134 cm³/mol. The number of imidazole rings is 1. The minimum Gasteiger partial charge on any atom is -0.363 e. The summed E-state index contributed by atoms with van der Waals surface area (Å²) in [4.78, 5) is 25.8. The number of hydrogen-bond donors (Lipinski definition) is 3. The first-order valence-corrected chi connectivity index (χ1v) is 10.9. The van der Waals surface area contributed by atoms with Crippen LogP contribution in [-0.4, -0.2) is 25.4 Å². The molecule has 0 spiro atoms. The van der Waals surface area contributed by atoms with Gasteiger partial charge < -0.3 is 20.4 Å². The van der Waals surface area contributed by atoms with Gasteiger partial charge in [-0.15, -0.1) is 0 Å². The maximum atomic E-state index is 12.4. The van der Waals surface area contributed by atoms with E-state index in [1.165, 1.54) is 0 Å². The first-order chi connectivity index (χ1) is 16.6. The number of pyridine rings is 1. The molecular weight excluding hydrogens is 450 g/mol. The molecule has 0 saturated carbocycles. The Balaban J connectivity index is 1.36. The van der Waals surface area contributed by atoms with Crippen LogP contribution in [0.15, 0.2) is 91.6 Å². The molecule has 8 nitrogen and oxygen atoms in total. The Bertz CT molecular complexity index is 1440. The molecule has 0 radical (unpaired) electrons. The lowest BCUT2D eigenvalue weighted by atomic mass is 10.1. The van der Waals surface area contributed by atoms with Crippen LogP contribution < -0.4 is 16.0 Å². The summed E-state index contributed by atoms with van der Waals surface area (Å²) in [6.45, 7) is 0.569. The second-order valence-corrected chi connectivity index (χ2v) is 7.95. The van der Waals surface area contributed by atoms with Crippen LogP contribution >= 0.6 is 11.6 Å². The molecule has 3 N–H and O–H groups in total. The van der Waals surface area contributed by atoms with E-state index < -0.39 is 0 Å². The molecule has 2 aromatic carbocycles. The second-order valence-electron chi connectivity index (χ2n) is 7.51. The summed E-state index contributed by atoms with van der Waals surface area (Å²) in [5.74, 6) is 0.658. The topological polar surface area (TPSA) is 96.2 Å². The molecular formula is C25H20ClN7O. The predicted octanol–water partition coefficient (Wildman–Crippen LogP) is 5.70. The Morgan fingerprint density at radius 2 is 1.82 bits per heavy atom. The van der Waals surface area contributed by atoms with Crippen molar-refractivity contribution in [3.8, 4) is 11.3 Å². The first-order valence-electron chi connectivity index (χ1n) is 10.5. The lowest BCUT2D eigenvalue weighted by molar-refractivity contribution is 0.262. The Kier molecular flexibility index (Phi) is 6.05. The molecule has 0 atom stereocenters. The van der Waals surface area contributed by atoms with Crippen molar-refractivity contribution >= 4 is 40.5 Å². The molecule has 0 aliphatic carbocycles. The minimum absolute atomic E-state index is 0.351. The number of anilines is 3. The van der Waals surface area contributed by atoms with Crippen LogP contribution in [0.5, 0.6) is 0 Å². The molecule has 0 unspecified atom stereocenters. The van der Waals surface area contributed by atoms with Crippen molar-refractivity contribution in [3.63, 3.8) is 0 Å². The van der Waals surface area contributed by atoms with Crippen molar-refractivity contribution in [1.82, 2.24) is 19.4 Å². The van der Waals surface area contributed by atoms with Gasteiger partial charge in [-0.2, -0.15) is 0 Å². The lowest BCUT2D eigenvalue weighted by Gasteiger charge is -2.12. The van der Waals surface area contributed by atoms with Crippen molar-refractivity contribution in [2.45, 2.75) is 6.54 Å². The van der Waals surface area contributed by atoms with Crippen LogP contribution in [-0.2, 0) is 6.54 Å². The van der Waals surface area contributed by atoms with E-state index in [1.807, 2.05) is 59.4 Å². The number of halogens is 1. The Morgan fingerprint density at radius 3 is 2.65 bits per heavy atom. The highest BCUT2D eigenvalue weighted by molar-refractivity contribution is 6.30. The largest absolute Gasteiger partial charge is 0.363 e. The van der Waals surface area contributed by atoms with Crippen LogP contribution in [0.3, 0.4) is 0 Å². The zero-order chi connectivity index (χ0) is 23.3. The molecule has 0 fully saturated rings. The summed E-state index contributed by atoms with van der Waals surface area (Å²) >= 11 is 5.90. The number of aromatic nitrogens is 4. The van der Waals surface area contributed by atoms with Crippen LogP contribution in [0, 0.1) is 0 Å². The van der Waals surface area contributed by atoms with Gasteiger partial charge in [0.1, 0.15) is 0 Å². The number of hydrogen-bond acceptors (Lipinski definition) is 5. The van der Waals surface area contributed by atoms with Gasteiger partial charge in [0.05, 0.1) is 5.69 Å². The Labute approximate surface area is 200 Å². The third-order valence-corrected chi connectivity index (χ3v) is 5.33. The van der Waals surface area contributed by atoms with Gasteiger partial charge in [-0.3, -0.25) is 4.98 Å². The van der Waals surface area contributed by atoms with E-state index in [0.29, 0.717) is 28.8 Å². The van der Waals surface area contributed by atoms with E-state index in [2.05, 4.69) is 25.9 Å². The molecule has 0 saturated heterocycles. The normalized spacial score (nSPS) is 10.7. The second kappa shape index (κ2) is 9.60. The Hall–Kier alpha value is -4.43. The highest BCUT2D eigenvalue weighted by Crippen LogP contribution is 2.25. The lowest BCUT2D eigenvalue weighted by Crippen LogP contribution is -2.19. The summed E-state index contributed by atoms with van der Waals surface area (Å²) in [6, 6.07) is 18.0. The molecule has 2 amide bonds. The van der Waals surface area contributed by atoms with E-state index >= 15 is 0 Å². The third kappa shape index (κ3) is 4.97. The standard InChI is InChI=1S/C25H20ClN7O/c26-19-6-8-20(9-7-19)30-25(34)31-21-5-1-4-18(13-21)22-16-33-12-11-28-24(33)23(32-22)29-15-17-3-2-10-27-14-17/h1-14,16H,15H2,(H,29,32)(H2,30,31,34). The van der Waals surface area contributed by atoms with Gasteiger partial charge in [0.2, 0.25) is 0 Å². The van der Waals surface area contributed by atoms with Crippen molar-refractivity contribution in [2.75, 3.05) is 16.0 Å². The number of urea groups is 1. The number of rotatable bonds is 6. The number of amides is 2. The smallest absolute Gasteiger partial charge is 0.323 e. The molecule has 5 aromatic rings. The molecule has 3 heterocycles. The van der Waals surface area contributed by atoms with E-state index in [0.717, 1.165) is 22.5 Å². The summed E-state index contributed by atoms with van der Waals surface area (Å²) in [5, 5.41) is 9.60. The summed E-state index contributed by atoms with van der Waals surface area (Å²) < 4.78 is 1.92. The summed E-state index contributed by atoms with van der Waals surface area (Å²) in [5.41, 5.74) is 4.64. The average molecular weight is 470 g/mol. The summed E-state index contributed by atoms with van der Waals surface area (Å²) in [7, 11) is 0. The number of benzene rings is 2. The number of carbonyl (C=O) groups excluding carboxylic acids is 1. The zero-order valence-corrected chi connectivity index (χ0v) is 18.7. The number of nitrogens with one attached hydrogen (secondary N) is 3. The molecule has 0 aliphatic rings. The van der Waals surface area contributed by atoms with E-state index in [4.69, 9.17) is 16.6 Å². The molecule has 0 aliphatic heterocycles. The highest BCUT2D eigenvalue weighted by Gasteiger charge is 2.11. The van der Waals surface area contributed by atoms with E-state index in [1.54, 1.807) is 36.7 Å². The SMILES string of the molecule is O=C(Nc1ccc(Cl)cc1)Nc1cccc(-c2cn3ccnc3c(NCc3cccnc3)n2)c1. The third-order valence-electron chi connectivity index (χ3n) is 5.08. The van der Waals surface area contributed by atoms with Gasteiger partial charge in [0.25, 0.3) is 0 Å². The monoisotopic (exact) mass is 469 g/mol. The fraction of sp³-hybridized carbons (Fsp3) is 0.0400. The fourth-order valence-corrected chi connectivity index (χ4v) is 3.59. The van der Waals surface area contributed by atoms with Gasteiger partial charge in [-0.05, 0) is 48.0 Å². The molecule has 0 bridgehead atoms. The van der Waals surface area contributed by atoms with E-state index in [9.17, 15) is 4.79 Å². The van der Waals surface area contributed by atoms with Crippen molar-refractivity contribution in [3.05, 3.63) is 102 Å². The number of nitrogens with zero attached hydrogens (tertiary/aromatic N) is 4. The maximum Gasteiger partial charge on any atom is 0.323 e. The molecule has 3 aromatic heterocycles. The van der Waals surface area contributed by atoms with Crippen LogP contribution in [0.4, 0.5) is 22.0 Å². The van der Waals surface area contributed by atoms with E-state index in [-0.39, 0.29) is 6.03 Å². The van der Waals surface area contributed by atoms with Gasteiger partial charge in [0, 0.05) is 59.5 Å². The number of fused-ring (bicyclic) bond motifs is 1. The van der Waals surface area contributed by atoms with Gasteiger partial charge >= 0.3 is 6.03 Å². The van der Waals surface area contributed by atoms with Crippen molar-refractivity contribution in [1.29, 1.82) is 0 Å². The molecule has 34 heavy (non-hydrogen) atoms. The summed E-state index contributed by atoms with van der Waals surface area (Å²) in [6.07, 6.45) is 9.06. The van der Waals surface area contributed by atoms with Crippen molar-refractivity contribution < 1.29 is 4.79 Å². The zero-order valence-electron chi connectivity index (χ0n) is 17.9. The maximum absolute atomic E-state index is 12.4. The Morgan fingerprint density at radius 1 is 0.971 bits per heavy atom. The number of carbonyl (C=O) groups is 1. The van der Waals surface area contributed by atoms with Crippen LogP contribution in [0.1, 0.15) is 5.56 Å². The first kappa shape index (κ1) is 21.4. The molecule has 5 rings (SSSR count). The fourth-order valence-electron chi connectivity index (χ4n) is 3.46. The van der Waals surface area contributed by atoms with Gasteiger partial charge in [0.15, 0.2) is 11.5 Å². The van der Waals surface area contributed by atoms with Gasteiger partial charge in [-0.25, -0.2) is 14.8 Å². The van der Waals surface area contributed by atoms with Crippen molar-refractivity contribution in [2.24, 2.45) is 0 Å². The van der Waals surface area contributed by atoms with Gasteiger partial charge in [-0.1, -0.05) is 29.8 Å². The van der Waals surface area contributed by atoms with Crippen LogP contribution in [0.2, 0.25) is 5.02 Å². The quantitative estimate of drug-likeness (QED) is 0.296. The molecule has 168 valence electrons. The average Bonchev–Trinajstić information content (AvgIpc) is 3.34. The molecule has 9 heteroatoms. The van der Waals surface area contributed by atoms with Crippen LogP contribution in [0.25, 0.3) is 16.9 Å². The minimum atomic E-state index is -0.351. The highest BCUT2D eigenvalue weighted by atomic mass is 35.5.